The Morgan fingerprint density at radius 2 is 1.77 bits per heavy atom. The van der Waals surface area contributed by atoms with Gasteiger partial charge in [-0.2, -0.15) is 10.5 Å². The van der Waals surface area contributed by atoms with E-state index in [1.54, 1.807) is 17.0 Å². The number of aliphatic hydroxyl groups excluding tert-OH is 1. The average Bonchev–Trinajstić information content (AvgIpc) is 2.49. The Bertz CT molecular complexity index is 628. The summed E-state index contributed by atoms with van der Waals surface area (Å²) in [5, 5.41) is 29.1. The zero-order valence-electron chi connectivity index (χ0n) is 11.7. The van der Waals surface area contributed by atoms with E-state index < -0.39 is 17.7 Å². The van der Waals surface area contributed by atoms with Crippen LogP contribution in [0, 0.1) is 34.3 Å². The van der Waals surface area contributed by atoms with Gasteiger partial charge in [-0.1, -0.05) is 0 Å². The van der Waals surface area contributed by atoms with Gasteiger partial charge in [-0.05, 0) is 25.0 Å². The second kappa shape index (κ2) is 6.88. The van der Waals surface area contributed by atoms with Crippen LogP contribution in [0.25, 0.3) is 0 Å². The van der Waals surface area contributed by atoms with Crippen LogP contribution in [-0.2, 0) is 0 Å². The third-order valence-electron chi connectivity index (χ3n) is 3.42. The third kappa shape index (κ3) is 3.51. The molecular formula is C15H14F2N4O. The first-order valence-corrected chi connectivity index (χ1v) is 6.74. The van der Waals surface area contributed by atoms with Crippen molar-refractivity contribution in [1.29, 1.82) is 10.5 Å². The number of hydrogen-bond acceptors (Lipinski definition) is 5. The molecule has 0 spiro atoms. The molecule has 1 aromatic rings. The van der Waals surface area contributed by atoms with E-state index in [4.69, 9.17) is 10.5 Å². The van der Waals surface area contributed by atoms with E-state index >= 15 is 0 Å². The number of anilines is 2. The first-order chi connectivity index (χ1) is 10.5. The largest absolute Gasteiger partial charge is 0.393 e. The van der Waals surface area contributed by atoms with Crippen LogP contribution in [-0.4, -0.2) is 24.3 Å². The predicted octanol–water partition coefficient (Wildman–Crippen LogP) is 2.27. The molecule has 0 aromatic heterocycles. The first-order valence-electron chi connectivity index (χ1n) is 6.74. The maximum Gasteiger partial charge on any atom is 0.151 e. The highest BCUT2D eigenvalue weighted by molar-refractivity contribution is 5.59. The normalized spacial score (nSPS) is 14.9. The average molecular weight is 304 g/mol. The summed E-state index contributed by atoms with van der Waals surface area (Å²) in [7, 11) is 0. The molecule has 0 unspecified atom stereocenters. The summed E-state index contributed by atoms with van der Waals surface area (Å²) in [6.45, 7) is 0.767. The highest BCUT2D eigenvalue weighted by atomic mass is 19.1. The Balaban J connectivity index is 2.21. The van der Waals surface area contributed by atoms with E-state index in [1.807, 2.05) is 0 Å². The second-order valence-corrected chi connectivity index (χ2v) is 4.93. The molecule has 0 saturated carbocycles. The zero-order chi connectivity index (χ0) is 16.1. The van der Waals surface area contributed by atoms with E-state index in [2.05, 4.69) is 5.32 Å². The molecule has 0 bridgehead atoms. The summed E-state index contributed by atoms with van der Waals surface area (Å²) >= 11 is 0. The van der Waals surface area contributed by atoms with Crippen molar-refractivity contribution >= 4 is 11.4 Å². The molecular weight excluding hydrogens is 290 g/mol. The molecule has 22 heavy (non-hydrogen) atoms. The van der Waals surface area contributed by atoms with Gasteiger partial charge in [-0.15, -0.1) is 0 Å². The van der Waals surface area contributed by atoms with E-state index in [-0.39, 0.29) is 16.9 Å². The second-order valence-electron chi connectivity index (χ2n) is 4.93. The lowest BCUT2D eigenvalue weighted by molar-refractivity contribution is 0.145. The number of aliphatic hydroxyl groups is 1. The van der Waals surface area contributed by atoms with Crippen LogP contribution in [0.1, 0.15) is 12.8 Å². The molecule has 1 saturated heterocycles. The van der Waals surface area contributed by atoms with Gasteiger partial charge in [0.25, 0.3) is 0 Å². The highest BCUT2D eigenvalue weighted by Gasteiger charge is 2.23. The minimum absolute atomic E-state index is 0.110. The number of allylic oxidation sites excluding steroid dienone is 1. The number of nitriles is 2. The molecule has 1 aromatic carbocycles. The fourth-order valence-electron chi connectivity index (χ4n) is 2.29. The molecule has 1 aliphatic rings. The minimum Gasteiger partial charge on any atom is -0.393 e. The molecule has 2 rings (SSSR count). The Morgan fingerprint density at radius 1 is 1.23 bits per heavy atom. The maximum absolute atomic E-state index is 14.1. The molecule has 114 valence electrons. The van der Waals surface area contributed by atoms with Crippen LogP contribution < -0.4 is 10.2 Å². The van der Waals surface area contributed by atoms with E-state index in [9.17, 15) is 13.9 Å². The summed E-state index contributed by atoms with van der Waals surface area (Å²) in [6, 6.07) is 5.48. The molecule has 1 fully saturated rings. The van der Waals surface area contributed by atoms with E-state index in [0.717, 1.165) is 18.3 Å². The van der Waals surface area contributed by atoms with Gasteiger partial charge in [0.05, 0.1) is 6.10 Å². The number of benzene rings is 1. The molecule has 0 radical (unpaired) electrons. The smallest absolute Gasteiger partial charge is 0.151 e. The summed E-state index contributed by atoms with van der Waals surface area (Å²) < 4.78 is 28.3. The number of hydrogen-bond donors (Lipinski definition) is 2. The zero-order valence-corrected chi connectivity index (χ0v) is 11.7. The molecule has 0 atom stereocenters. The lowest BCUT2D eigenvalue weighted by atomic mass is 10.1. The standard InChI is InChI=1S/C15H14F2N4O/c16-13-5-11(20-9-10(7-18)8-19)6-14(17)15(13)21-3-1-12(22)2-4-21/h5-6,9,12,20,22H,1-4H2. The van der Waals surface area contributed by atoms with Crippen molar-refractivity contribution in [2.24, 2.45) is 0 Å². The van der Waals surface area contributed by atoms with Crippen molar-refractivity contribution in [3.63, 3.8) is 0 Å². The quantitative estimate of drug-likeness (QED) is 0.837. The van der Waals surface area contributed by atoms with Crippen LogP contribution in [0.3, 0.4) is 0 Å². The maximum atomic E-state index is 14.1. The Kier molecular flexibility index (Phi) is 4.92. The van der Waals surface area contributed by atoms with Crippen molar-refractivity contribution in [1.82, 2.24) is 0 Å². The van der Waals surface area contributed by atoms with Gasteiger partial charge in [0, 0.05) is 25.0 Å². The number of piperidine rings is 1. The van der Waals surface area contributed by atoms with Gasteiger partial charge >= 0.3 is 0 Å². The lowest BCUT2D eigenvalue weighted by Gasteiger charge is -2.32. The van der Waals surface area contributed by atoms with Crippen LogP contribution in [0.15, 0.2) is 23.9 Å². The number of rotatable bonds is 3. The van der Waals surface area contributed by atoms with Crippen molar-refractivity contribution in [2.45, 2.75) is 18.9 Å². The molecule has 2 N–H and O–H groups in total. The molecule has 0 aliphatic carbocycles. The van der Waals surface area contributed by atoms with E-state index in [0.29, 0.717) is 25.9 Å². The summed E-state index contributed by atoms with van der Waals surface area (Å²) in [6.07, 6.45) is 1.60. The van der Waals surface area contributed by atoms with Crippen LogP contribution in [0.4, 0.5) is 20.2 Å². The topological polar surface area (TPSA) is 83.1 Å². The van der Waals surface area contributed by atoms with Crippen LogP contribution >= 0.6 is 0 Å². The van der Waals surface area contributed by atoms with Crippen molar-refractivity contribution in [2.75, 3.05) is 23.3 Å². The van der Waals surface area contributed by atoms with Gasteiger partial charge in [0.2, 0.25) is 0 Å². The number of nitrogens with one attached hydrogen (secondary N) is 1. The Morgan fingerprint density at radius 3 is 2.27 bits per heavy atom. The Hall–Kier alpha value is -2.64. The molecule has 1 aliphatic heterocycles. The summed E-state index contributed by atoms with van der Waals surface area (Å²) in [4.78, 5) is 1.56. The first kappa shape index (κ1) is 15.7. The van der Waals surface area contributed by atoms with E-state index in [1.165, 1.54) is 0 Å². The van der Waals surface area contributed by atoms with Crippen molar-refractivity contribution in [3.8, 4) is 12.1 Å². The van der Waals surface area contributed by atoms with Gasteiger partial charge < -0.3 is 15.3 Å². The number of halogens is 2. The molecule has 7 heteroatoms. The fourth-order valence-corrected chi connectivity index (χ4v) is 2.29. The van der Waals surface area contributed by atoms with Crippen LogP contribution in [0.5, 0.6) is 0 Å². The van der Waals surface area contributed by atoms with Gasteiger partial charge in [0.15, 0.2) is 11.6 Å². The molecule has 1 heterocycles. The SMILES string of the molecule is N#CC(C#N)=CNc1cc(F)c(N2CCC(O)CC2)c(F)c1. The molecule has 5 nitrogen and oxygen atoms in total. The summed E-state index contributed by atoms with van der Waals surface area (Å²) in [5.41, 5.74) is -0.212. The monoisotopic (exact) mass is 304 g/mol. The fraction of sp³-hybridized carbons (Fsp3) is 0.333. The highest BCUT2D eigenvalue weighted by Crippen LogP contribution is 2.29. The van der Waals surface area contributed by atoms with Crippen molar-refractivity contribution < 1.29 is 13.9 Å². The number of nitrogens with zero attached hydrogens (tertiary/aromatic N) is 3. The minimum atomic E-state index is -0.734. The summed E-state index contributed by atoms with van der Waals surface area (Å²) in [5.74, 6) is -1.47. The van der Waals surface area contributed by atoms with Gasteiger partial charge in [-0.3, -0.25) is 0 Å². The lowest BCUT2D eigenvalue weighted by Crippen LogP contribution is -2.36. The van der Waals surface area contributed by atoms with Crippen molar-refractivity contribution in [3.05, 3.63) is 35.5 Å². The third-order valence-corrected chi connectivity index (χ3v) is 3.42. The predicted molar refractivity (Wildman–Crippen MR) is 76.7 cm³/mol. The Labute approximate surface area is 126 Å². The van der Waals surface area contributed by atoms with Gasteiger partial charge in [0.1, 0.15) is 23.4 Å². The van der Waals surface area contributed by atoms with Gasteiger partial charge in [-0.25, -0.2) is 8.78 Å². The van der Waals surface area contributed by atoms with Crippen LogP contribution in [0.2, 0.25) is 0 Å². The molecule has 0 amide bonds.